The van der Waals surface area contributed by atoms with Crippen LogP contribution in [0.2, 0.25) is 0 Å². The third-order valence-electron chi connectivity index (χ3n) is 1.34. The lowest BCUT2D eigenvalue weighted by atomic mass is 10.2. The van der Waals surface area contributed by atoms with Crippen LogP contribution in [0.25, 0.3) is 0 Å². The van der Waals surface area contributed by atoms with E-state index in [0.717, 1.165) is 11.4 Å². The van der Waals surface area contributed by atoms with Crippen LogP contribution in [-0.4, -0.2) is 12.5 Å². The first-order valence-corrected chi connectivity index (χ1v) is 4.37. The van der Waals surface area contributed by atoms with Crippen LogP contribution in [-0.2, 0) is 4.79 Å². The number of rotatable bonds is 2. The molecular weight excluding hydrogens is 178 g/mol. The number of hydrogen-bond donors (Lipinski definition) is 3. The third kappa shape index (κ3) is 5.88. The standard InChI is InChI=1S/C9H14N2.CH3NO/c1-7(2)11-9-5-3-4-8(10)6-9;2-1-3/h3-7,11H,10H2,1-2H3;1H,(H2,2,3). The van der Waals surface area contributed by atoms with Gasteiger partial charge in [-0.05, 0) is 32.0 Å². The first-order chi connectivity index (χ1) is 6.60. The van der Waals surface area contributed by atoms with Crippen molar-refractivity contribution >= 4 is 17.8 Å². The second-order valence-electron chi connectivity index (χ2n) is 3.06. The minimum absolute atomic E-state index is 0.250. The maximum atomic E-state index is 8.58. The molecule has 1 aromatic carbocycles. The second kappa shape index (κ2) is 6.77. The van der Waals surface area contributed by atoms with Crippen molar-refractivity contribution in [3.8, 4) is 0 Å². The first-order valence-electron chi connectivity index (χ1n) is 4.37. The van der Waals surface area contributed by atoms with Crippen LogP contribution in [0.15, 0.2) is 24.3 Å². The van der Waals surface area contributed by atoms with E-state index in [9.17, 15) is 0 Å². The molecule has 4 nitrogen and oxygen atoms in total. The number of nitrogens with one attached hydrogen (secondary N) is 1. The Balaban J connectivity index is 0.000000500. The van der Waals surface area contributed by atoms with Gasteiger partial charge in [0.15, 0.2) is 0 Å². The molecule has 0 heterocycles. The highest BCUT2D eigenvalue weighted by molar-refractivity contribution is 5.54. The molecule has 0 spiro atoms. The van der Waals surface area contributed by atoms with Crippen LogP contribution in [0.1, 0.15) is 13.8 Å². The highest BCUT2D eigenvalue weighted by Crippen LogP contribution is 2.12. The second-order valence-corrected chi connectivity index (χ2v) is 3.06. The zero-order valence-corrected chi connectivity index (χ0v) is 8.53. The number of nitrogens with two attached hydrogens (primary N) is 2. The van der Waals surface area contributed by atoms with E-state index in [-0.39, 0.29) is 6.41 Å². The molecule has 0 radical (unpaired) electrons. The molecule has 0 saturated carbocycles. The van der Waals surface area contributed by atoms with Crippen LogP contribution < -0.4 is 16.8 Å². The molecule has 0 aromatic heterocycles. The summed E-state index contributed by atoms with van der Waals surface area (Å²) in [5, 5.41) is 3.27. The Morgan fingerprint density at radius 3 is 2.43 bits per heavy atom. The smallest absolute Gasteiger partial charge is 0.204 e. The molecule has 1 amide bonds. The topological polar surface area (TPSA) is 81.1 Å². The fourth-order valence-electron chi connectivity index (χ4n) is 0.962. The van der Waals surface area contributed by atoms with E-state index in [1.807, 2.05) is 24.3 Å². The van der Waals surface area contributed by atoms with Gasteiger partial charge in [-0.2, -0.15) is 0 Å². The van der Waals surface area contributed by atoms with Crippen LogP contribution >= 0.6 is 0 Å². The summed E-state index contributed by atoms with van der Waals surface area (Å²) in [7, 11) is 0. The lowest BCUT2D eigenvalue weighted by Gasteiger charge is -2.09. The van der Waals surface area contributed by atoms with E-state index in [1.165, 1.54) is 0 Å². The Morgan fingerprint density at radius 1 is 1.43 bits per heavy atom. The van der Waals surface area contributed by atoms with Gasteiger partial charge >= 0.3 is 0 Å². The summed E-state index contributed by atoms with van der Waals surface area (Å²) >= 11 is 0. The SMILES string of the molecule is CC(C)Nc1cccc(N)c1.NC=O. The van der Waals surface area contributed by atoms with Gasteiger partial charge in [-0.15, -0.1) is 0 Å². The van der Waals surface area contributed by atoms with Crippen molar-refractivity contribution in [1.82, 2.24) is 0 Å². The quantitative estimate of drug-likeness (QED) is 0.489. The molecular formula is C10H17N3O. The minimum Gasteiger partial charge on any atom is -0.399 e. The van der Waals surface area contributed by atoms with Crippen molar-refractivity contribution in [3.63, 3.8) is 0 Å². The van der Waals surface area contributed by atoms with Gasteiger partial charge in [0.25, 0.3) is 0 Å². The van der Waals surface area contributed by atoms with Gasteiger partial charge < -0.3 is 16.8 Å². The summed E-state index contributed by atoms with van der Waals surface area (Å²) in [6, 6.07) is 8.22. The van der Waals surface area contributed by atoms with Crippen LogP contribution in [0, 0.1) is 0 Å². The fraction of sp³-hybridized carbons (Fsp3) is 0.300. The molecule has 0 unspecified atom stereocenters. The normalized spacial score (nSPS) is 8.79. The van der Waals surface area contributed by atoms with Gasteiger partial charge in [0, 0.05) is 17.4 Å². The predicted octanol–water partition coefficient (Wildman–Crippen LogP) is 1.19. The summed E-state index contributed by atoms with van der Waals surface area (Å²) in [5.74, 6) is 0. The molecule has 0 fully saturated rings. The maximum absolute atomic E-state index is 8.58. The summed E-state index contributed by atoms with van der Waals surface area (Å²) in [4.78, 5) is 8.58. The molecule has 1 rings (SSSR count). The Hall–Kier alpha value is -1.71. The number of benzene rings is 1. The highest BCUT2D eigenvalue weighted by atomic mass is 16.1. The average Bonchev–Trinajstić information content (AvgIpc) is 2.03. The Kier molecular flexibility index (Phi) is 5.94. The van der Waals surface area contributed by atoms with E-state index < -0.39 is 0 Å². The summed E-state index contributed by atoms with van der Waals surface area (Å²) in [5.41, 5.74) is 11.6. The molecule has 0 bridgehead atoms. The number of primary amides is 1. The van der Waals surface area contributed by atoms with Gasteiger partial charge in [0.2, 0.25) is 6.41 Å². The number of nitrogen functional groups attached to an aromatic ring is 1. The predicted molar refractivity (Wildman–Crippen MR) is 59.9 cm³/mol. The molecule has 0 aliphatic heterocycles. The zero-order chi connectivity index (χ0) is 11.0. The molecule has 0 saturated heterocycles. The molecule has 0 aliphatic rings. The Bertz CT molecular complexity index is 274. The summed E-state index contributed by atoms with van der Waals surface area (Å²) < 4.78 is 0. The first kappa shape index (κ1) is 12.3. The number of carbonyl (C=O) groups excluding carboxylic acids is 1. The largest absolute Gasteiger partial charge is 0.399 e. The van der Waals surface area contributed by atoms with Crippen molar-refractivity contribution in [1.29, 1.82) is 0 Å². The highest BCUT2D eigenvalue weighted by Gasteiger charge is 1.93. The molecule has 0 atom stereocenters. The number of carbonyl (C=O) groups is 1. The molecule has 0 aliphatic carbocycles. The Morgan fingerprint density at radius 2 is 2.00 bits per heavy atom. The van der Waals surface area contributed by atoms with Crippen molar-refractivity contribution in [2.24, 2.45) is 5.73 Å². The molecule has 78 valence electrons. The van der Waals surface area contributed by atoms with Crippen molar-refractivity contribution in [3.05, 3.63) is 24.3 Å². The third-order valence-corrected chi connectivity index (χ3v) is 1.34. The monoisotopic (exact) mass is 195 g/mol. The van der Waals surface area contributed by atoms with Crippen LogP contribution in [0.5, 0.6) is 0 Å². The van der Waals surface area contributed by atoms with Crippen LogP contribution in [0.3, 0.4) is 0 Å². The fourth-order valence-corrected chi connectivity index (χ4v) is 0.962. The lowest BCUT2D eigenvalue weighted by Crippen LogP contribution is -2.09. The van der Waals surface area contributed by atoms with Gasteiger partial charge in [0.1, 0.15) is 0 Å². The van der Waals surface area contributed by atoms with Gasteiger partial charge in [0.05, 0.1) is 0 Å². The average molecular weight is 195 g/mol. The van der Waals surface area contributed by atoms with E-state index in [0.29, 0.717) is 6.04 Å². The molecule has 14 heavy (non-hydrogen) atoms. The molecule has 4 heteroatoms. The minimum atomic E-state index is 0.250. The number of amides is 1. The molecule has 5 N–H and O–H groups in total. The van der Waals surface area contributed by atoms with E-state index >= 15 is 0 Å². The summed E-state index contributed by atoms with van der Waals surface area (Å²) in [6.45, 7) is 4.20. The summed E-state index contributed by atoms with van der Waals surface area (Å²) in [6.07, 6.45) is 0.250. The van der Waals surface area contributed by atoms with Gasteiger partial charge in [-0.1, -0.05) is 6.07 Å². The van der Waals surface area contributed by atoms with Gasteiger partial charge in [-0.3, -0.25) is 4.79 Å². The molecule has 1 aromatic rings. The number of hydrogen-bond acceptors (Lipinski definition) is 3. The maximum Gasteiger partial charge on any atom is 0.204 e. The Labute approximate surface area is 84.3 Å². The van der Waals surface area contributed by atoms with E-state index in [4.69, 9.17) is 10.5 Å². The van der Waals surface area contributed by atoms with Crippen molar-refractivity contribution < 1.29 is 4.79 Å². The van der Waals surface area contributed by atoms with Crippen molar-refractivity contribution in [2.45, 2.75) is 19.9 Å². The number of anilines is 2. The van der Waals surface area contributed by atoms with E-state index in [1.54, 1.807) is 0 Å². The lowest BCUT2D eigenvalue weighted by molar-refractivity contribution is -0.106. The van der Waals surface area contributed by atoms with Crippen LogP contribution in [0.4, 0.5) is 11.4 Å². The zero-order valence-electron chi connectivity index (χ0n) is 8.53. The van der Waals surface area contributed by atoms with E-state index in [2.05, 4.69) is 24.9 Å². The van der Waals surface area contributed by atoms with Gasteiger partial charge in [-0.25, -0.2) is 0 Å². The van der Waals surface area contributed by atoms with Crippen molar-refractivity contribution in [2.75, 3.05) is 11.1 Å².